The molecule has 1 fully saturated rings. The van der Waals surface area contributed by atoms with Gasteiger partial charge in [-0.25, -0.2) is 4.98 Å². The Morgan fingerprint density at radius 2 is 1.84 bits per heavy atom. The van der Waals surface area contributed by atoms with Crippen LogP contribution in [0.4, 0.5) is 5.82 Å². The van der Waals surface area contributed by atoms with Gasteiger partial charge in [-0.2, -0.15) is 0 Å². The van der Waals surface area contributed by atoms with Gasteiger partial charge in [0, 0.05) is 50.0 Å². The molecule has 0 unspecified atom stereocenters. The van der Waals surface area contributed by atoms with E-state index < -0.39 is 0 Å². The number of hydrogen-bond acceptors (Lipinski definition) is 4. The maximum absolute atomic E-state index is 12.3. The predicted molar refractivity (Wildman–Crippen MR) is 100 cm³/mol. The normalized spacial score (nSPS) is 15.6. The van der Waals surface area contributed by atoms with Gasteiger partial charge < -0.3 is 4.90 Å². The van der Waals surface area contributed by atoms with Gasteiger partial charge in [-0.1, -0.05) is 29.8 Å². The molecule has 3 aromatic rings. The lowest BCUT2D eigenvalue weighted by Crippen LogP contribution is -2.46. The van der Waals surface area contributed by atoms with Crippen molar-refractivity contribution in [1.82, 2.24) is 14.3 Å². The molecular formula is C19H19ClN4O. The van der Waals surface area contributed by atoms with Crippen LogP contribution < -0.4 is 10.5 Å². The lowest BCUT2D eigenvalue weighted by Gasteiger charge is -2.35. The summed E-state index contributed by atoms with van der Waals surface area (Å²) in [4.78, 5) is 21.5. The molecular weight excluding hydrogens is 336 g/mol. The van der Waals surface area contributed by atoms with Gasteiger partial charge in [0.2, 0.25) is 0 Å². The molecule has 0 atom stereocenters. The van der Waals surface area contributed by atoms with Gasteiger partial charge in [-0.3, -0.25) is 14.1 Å². The van der Waals surface area contributed by atoms with Crippen LogP contribution in [-0.4, -0.2) is 40.5 Å². The fraction of sp³-hybridized carbons (Fsp3) is 0.263. The number of anilines is 1. The summed E-state index contributed by atoms with van der Waals surface area (Å²) in [7, 11) is 0. The number of pyridine rings is 1. The van der Waals surface area contributed by atoms with Crippen LogP contribution in [0.3, 0.4) is 0 Å². The molecule has 4 rings (SSSR count). The molecule has 5 nitrogen and oxygen atoms in total. The maximum Gasteiger partial charge on any atom is 0.259 e. The summed E-state index contributed by atoms with van der Waals surface area (Å²) in [6.07, 6.45) is 1.75. The van der Waals surface area contributed by atoms with Crippen molar-refractivity contribution in [3.63, 3.8) is 0 Å². The average molecular weight is 355 g/mol. The monoisotopic (exact) mass is 354 g/mol. The van der Waals surface area contributed by atoms with Crippen molar-refractivity contribution in [3.05, 3.63) is 75.7 Å². The Balaban J connectivity index is 1.46. The molecule has 0 radical (unpaired) electrons. The summed E-state index contributed by atoms with van der Waals surface area (Å²) in [6.45, 7) is 4.47. The molecule has 1 aliphatic heterocycles. The number of benzene rings is 1. The van der Waals surface area contributed by atoms with Crippen LogP contribution >= 0.6 is 11.6 Å². The summed E-state index contributed by atoms with van der Waals surface area (Å²) in [5.41, 5.74) is 1.87. The van der Waals surface area contributed by atoms with Gasteiger partial charge in [-0.05, 0) is 29.8 Å². The van der Waals surface area contributed by atoms with Crippen molar-refractivity contribution in [2.24, 2.45) is 0 Å². The standard InChI is InChI=1S/C19H19ClN4O/c20-16-5-3-4-15(12-16)14-22-8-10-23(11-9-22)18-13-19(25)24-7-2-1-6-17(24)21-18/h1-7,12-13H,8-11,14H2. The van der Waals surface area contributed by atoms with Crippen LogP contribution in [0.2, 0.25) is 5.02 Å². The highest BCUT2D eigenvalue weighted by Gasteiger charge is 2.19. The molecule has 128 valence electrons. The zero-order chi connectivity index (χ0) is 17.2. The van der Waals surface area contributed by atoms with Crippen molar-refractivity contribution in [2.45, 2.75) is 6.54 Å². The Bertz CT molecular complexity index is 947. The third kappa shape index (κ3) is 3.52. The number of fused-ring (bicyclic) bond motifs is 1. The fourth-order valence-electron chi connectivity index (χ4n) is 3.23. The predicted octanol–water partition coefficient (Wildman–Crippen LogP) is 2.67. The number of halogens is 1. The van der Waals surface area contributed by atoms with E-state index >= 15 is 0 Å². The number of piperazine rings is 1. The third-order valence-electron chi connectivity index (χ3n) is 4.55. The van der Waals surface area contributed by atoms with Gasteiger partial charge >= 0.3 is 0 Å². The number of nitrogens with zero attached hydrogens (tertiary/aromatic N) is 4. The van der Waals surface area contributed by atoms with E-state index in [2.05, 4.69) is 20.9 Å². The Morgan fingerprint density at radius 1 is 1.00 bits per heavy atom. The second-order valence-corrected chi connectivity index (χ2v) is 6.71. The first kappa shape index (κ1) is 16.1. The number of hydrogen-bond donors (Lipinski definition) is 0. The molecule has 1 aromatic carbocycles. The van der Waals surface area contributed by atoms with E-state index in [0.29, 0.717) is 5.65 Å². The SMILES string of the molecule is O=c1cc(N2CCN(Cc3cccc(Cl)c3)CC2)nc2ccccn12. The first-order valence-electron chi connectivity index (χ1n) is 8.39. The molecule has 0 amide bonds. The highest BCUT2D eigenvalue weighted by Crippen LogP contribution is 2.16. The summed E-state index contributed by atoms with van der Waals surface area (Å²) in [5, 5.41) is 0.775. The van der Waals surface area contributed by atoms with Crippen LogP contribution in [0.15, 0.2) is 59.5 Å². The van der Waals surface area contributed by atoms with Gasteiger partial charge in [0.15, 0.2) is 0 Å². The molecule has 2 aromatic heterocycles. The van der Waals surface area contributed by atoms with E-state index in [4.69, 9.17) is 11.6 Å². The molecule has 0 spiro atoms. The molecule has 3 heterocycles. The van der Waals surface area contributed by atoms with E-state index in [1.807, 2.05) is 36.4 Å². The second-order valence-electron chi connectivity index (χ2n) is 6.27. The molecule has 0 aliphatic carbocycles. The molecule has 1 aliphatic rings. The van der Waals surface area contributed by atoms with Crippen LogP contribution in [0.25, 0.3) is 5.65 Å². The maximum atomic E-state index is 12.3. The van der Waals surface area contributed by atoms with Crippen LogP contribution in [0, 0.1) is 0 Å². The zero-order valence-electron chi connectivity index (χ0n) is 13.8. The topological polar surface area (TPSA) is 40.9 Å². The highest BCUT2D eigenvalue weighted by atomic mass is 35.5. The number of rotatable bonds is 3. The molecule has 25 heavy (non-hydrogen) atoms. The van der Waals surface area contributed by atoms with Crippen molar-refractivity contribution >= 4 is 23.1 Å². The van der Waals surface area contributed by atoms with Gasteiger partial charge in [0.25, 0.3) is 5.56 Å². The van der Waals surface area contributed by atoms with Crippen molar-refractivity contribution < 1.29 is 0 Å². The minimum absolute atomic E-state index is 0.0399. The molecule has 1 saturated heterocycles. The quantitative estimate of drug-likeness (QED) is 0.725. The first-order valence-corrected chi connectivity index (χ1v) is 8.77. The minimum Gasteiger partial charge on any atom is -0.354 e. The van der Waals surface area contributed by atoms with Crippen LogP contribution in [0.5, 0.6) is 0 Å². The summed E-state index contributed by atoms with van der Waals surface area (Å²) < 4.78 is 1.57. The number of aromatic nitrogens is 2. The Morgan fingerprint density at radius 3 is 2.64 bits per heavy atom. The average Bonchev–Trinajstić information content (AvgIpc) is 2.62. The fourth-order valence-corrected chi connectivity index (χ4v) is 3.44. The Labute approximate surface area is 151 Å². The van der Waals surface area contributed by atoms with Crippen molar-refractivity contribution in [2.75, 3.05) is 31.1 Å². The third-order valence-corrected chi connectivity index (χ3v) is 4.78. The molecule has 0 N–H and O–H groups in total. The Kier molecular flexibility index (Phi) is 4.42. The second kappa shape index (κ2) is 6.86. The first-order chi connectivity index (χ1) is 12.2. The summed E-state index contributed by atoms with van der Waals surface area (Å²) in [5.74, 6) is 0.763. The van der Waals surface area contributed by atoms with Gasteiger partial charge in [-0.15, -0.1) is 0 Å². The van der Waals surface area contributed by atoms with E-state index in [1.165, 1.54) is 5.56 Å². The van der Waals surface area contributed by atoms with Gasteiger partial charge in [0.1, 0.15) is 11.5 Å². The largest absolute Gasteiger partial charge is 0.354 e. The zero-order valence-corrected chi connectivity index (χ0v) is 14.6. The summed E-state index contributed by atoms with van der Waals surface area (Å²) in [6, 6.07) is 15.2. The van der Waals surface area contributed by atoms with E-state index in [1.54, 1.807) is 16.7 Å². The minimum atomic E-state index is -0.0399. The van der Waals surface area contributed by atoms with Crippen LogP contribution in [-0.2, 0) is 6.54 Å². The van der Waals surface area contributed by atoms with E-state index in [9.17, 15) is 4.79 Å². The van der Waals surface area contributed by atoms with Crippen molar-refractivity contribution in [1.29, 1.82) is 0 Å². The molecule has 0 saturated carbocycles. The highest BCUT2D eigenvalue weighted by molar-refractivity contribution is 6.30. The molecule has 6 heteroatoms. The summed E-state index contributed by atoms with van der Waals surface area (Å²) >= 11 is 6.06. The van der Waals surface area contributed by atoms with Gasteiger partial charge in [0.05, 0.1) is 0 Å². The molecule has 0 bridgehead atoms. The van der Waals surface area contributed by atoms with Crippen LogP contribution in [0.1, 0.15) is 5.56 Å². The van der Waals surface area contributed by atoms with E-state index in [0.717, 1.165) is 43.6 Å². The lowest BCUT2D eigenvalue weighted by molar-refractivity contribution is 0.249. The lowest BCUT2D eigenvalue weighted by atomic mass is 10.2. The van der Waals surface area contributed by atoms with Crippen molar-refractivity contribution in [3.8, 4) is 0 Å². The Hall–Kier alpha value is -2.37. The van der Waals surface area contributed by atoms with E-state index in [-0.39, 0.29) is 5.56 Å². The smallest absolute Gasteiger partial charge is 0.259 e.